The van der Waals surface area contributed by atoms with Crippen molar-refractivity contribution in [2.24, 2.45) is 0 Å². The molecule has 3 aromatic carbocycles. The highest BCUT2D eigenvalue weighted by molar-refractivity contribution is 9.10. The molecule has 156 valence electrons. The molecule has 2 N–H and O–H groups in total. The standard InChI is InChI=1S/C23H23BrN2O3S/c1-17(19-6-3-2-4-7-19)26-30(28,29)22-13-10-18(11-14-22)12-15-23(27)25-21-9-5-8-20(24)16-21/h2-11,13-14,16-17,26H,12,15H2,1H3,(H,25,27)/t17-/m1/s1. The van der Waals surface area contributed by atoms with Crippen LogP contribution in [0.25, 0.3) is 0 Å². The number of anilines is 1. The lowest BCUT2D eigenvalue weighted by Gasteiger charge is -2.15. The molecule has 0 spiro atoms. The van der Waals surface area contributed by atoms with E-state index >= 15 is 0 Å². The zero-order valence-corrected chi connectivity index (χ0v) is 18.9. The Hall–Kier alpha value is -2.48. The largest absolute Gasteiger partial charge is 0.326 e. The molecule has 0 heterocycles. The average molecular weight is 487 g/mol. The minimum Gasteiger partial charge on any atom is -0.326 e. The molecule has 0 saturated heterocycles. The predicted molar refractivity (Wildman–Crippen MR) is 123 cm³/mol. The first-order valence-electron chi connectivity index (χ1n) is 9.55. The number of sulfonamides is 1. The normalized spacial score (nSPS) is 12.3. The van der Waals surface area contributed by atoms with E-state index in [1.807, 2.05) is 61.5 Å². The summed E-state index contributed by atoms with van der Waals surface area (Å²) in [5.41, 5.74) is 2.53. The fraction of sp³-hybridized carbons (Fsp3) is 0.174. The summed E-state index contributed by atoms with van der Waals surface area (Å²) in [7, 11) is -3.63. The van der Waals surface area contributed by atoms with E-state index in [0.717, 1.165) is 21.3 Å². The Bertz CT molecular complexity index is 1100. The van der Waals surface area contributed by atoms with Crippen LogP contribution in [0.2, 0.25) is 0 Å². The minimum absolute atomic E-state index is 0.0943. The van der Waals surface area contributed by atoms with Gasteiger partial charge in [0, 0.05) is 22.6 Å². The summed E-state index contributed by atoms with van der Waals surface area (Å²) in [5, 5.41) is 2.85. The van der Waals surface area contributed by atoms with E-state index in [-0.39, 0.29) is 16.8 Å². The number of nitrogens with one attached hydrogen (secondary N) is 2. The highest BCUT2D eigenvalue weighted by atomic mass is 79.9. The van der Waals surface area contributed by atoms with Crippen LogP contribution in [0.4, 0.5) is 5.69 Å². The van der Waals surface area contributed by atoms with Crippen LogP contribution in [-0.4, -0.2) is 14.3 Å². The van der Waals surface area contributed by atoms with Crippen LogP contribution in [0.5, 0.6) is 0 Å². The van der Waals surface area contributed by atoms with Crippen molar-refractivity contribution in [3.8, 4) is 0 Å². The molecule has 7 heteroatoms. The number of halogens is 1. The number of aryl methyl sites for hydroxylation is 1. The Balaban J connectivity index is 1.56. The van der Waals surface area contributed by atoms with Crippen LogP contribution in [-0.2, 0) is 21.2 Å². The van der Waals surface area contributed by atoms with Gasteiger partial charge < -0.3 is 5.32 Å². The van der Waals surface area contributed by atoms with Crippen molar-refractivity contribution in [3.63, 3.8) is 0 Å². The summed E-state index contributed by atoms with van der Waals surface area (Å²) in [6.07, 6.45) is 0.829. The van der Waals surface area contributed by atoms with E-state index in [2.05, 4.69) is 26.0 Å². The number of carbonyl (C=O) groups excluding carboxylic acids is 1. The first-order valence-corrected chi connectivity index (χ1v) is 11.8. The Morgan fingerprint density at radius 1 is 0.967 bits per heavy atom. The van der Waals surface area contributed by atoms with Crippen LogP contribution < -0.4 is 10.0 Å². The topological polar surface area (TPSA) is 75.3 Å². The molecular formula is C23H23BrN2O3S. The summed E-state index contributed by atoms with van der Waals surface area (Å²) in [5.74, 6) is -0.0943. The van der Waals surface area contributed by atoms with Crippen molar-refractivity contribution < 1.29 is 13.2 Å². The average Bonchev–Trinajstić information content (AvgIpc) is 2.73. The summed E-state index contributed by atoms with van der Waals surface area (Å²) >= 11 is 3.37. The van der Waals surface area contributed by atoms with Gasteiger partial charge in [0.25, 0.3) is 0 Å². The second-order valence-electron chi connectivity index (χ2n) is 6.96. The van der Waals surface area contributed by atoms with Crippen molar-refractivity contribution in [3.05, 3.63) is 94.5 Å². The number of hydrogen-bond donors (Lipinski definition) is 2. The molecule has 0 fully saturated rings. The van der Waals surface area contributed by atoms with Gasteiger partial charge in [-0.1, -0.05) is 64.5 Å². The minimum atomic E-state index is -3.63. The molecule has 1 amide bonds. The number of benzene rings is 3. The molecule has 0 unspecified atom stereocenters. The molecule has 0 aliphatic heterocycles. The van der Waals surface area contributed by atoms with Crippen LogP contribution in [0, 0.1) is 0 Å². The maximum absolute atomic E-state index is 12.6. The lowest BCUT2D eigenvalue weighted by atomic mass is 10.1. The monoisotopic (exact) mass is 486 g/mol. The van der Waals surface area contributed by atoms with Gasteiger partial charge in [-0.2, -0.15) is 0 Å². The molecule has 0 saturated carbocycles. The van der Waals surface area contributed by atoms with Gasteiger partial charge in [0.15, 0.2) is 0 Å². The van der Waals surface area contributed by atoms with Gasteiger partial charge in [-0.15, -0.1) is 0 Å². The molecule has 0 aliphatic rings. The van der Waals surface area contributed by atoms with E-state index in [9.17, 15) is 13.2 Å². The molecule has 3 rings (SSSR count). The number of hydrogen-bond acceptors (Lipinski definition) is 3. The van der Waals surface area contributed by atoms with Crippen molar-refractivity contribution in [2.75, 3.05) is 5.32 Å². The van der Waals surface area contributed by atoms with Crippen LogP contribution in [0.3, 0.4) is 0 Å². The quantitative estimate of drug-likeness (QED) is 0.467. The van der Waals surface area contributed by atoms with E-state index < -0.39 is 10.0 Å². The molecule has 0 bridgehead atoms. The smallest absolute Gasteiger partial charge is 0.241 e. The molecule has 0 aliphatic carbocycles. The van der Waals surface area contributed by atoms with Gasteiger partial charge in [-0.25, -0.2) is 13.1 Å². The van der Waals surface area contributed by atoms with E-state index in [4.69, 9.17) is 0 Å². The van der Waals surface area contributed by atoms with E-state index in [1.54, 1.807) is 24.3 Å². The Kier molecular flexibility index (Phi) is 7.42. The highest BCUT2D eigenvalue weighted by Crippen LogP contribution is 2.18. The van der Waals surface area contributed by atoms with E-state index in [1.165, 1.54) is 0 Å². The lowest BCUT2D eigenvalue weighted by Crippen LogP contribution is -2.26. The first-order chi connectivity index (χ1) is 14.3. The van der Waals surface area contributed by atoms with Gasteiger partial charge >= 0.3 is 0 Å². The molecule has 0 aromatic heterocycles. The SMILES string of the molecule is C[C@@H](NS(=O)(=O)c1ccc(CCC(=O)Nc2cccc(Br)c2)cc1)c1ccccc1. The second kappa shape index (κ2) is 10.0. The highest BCUT2D eigenvalue weighted by Gasteiger charge is 2.18. The predicted octanol–water partition coefficient (Wildman–Crippen LogP) is 5.06. The summed E-state index contributed by atoms with van der Waals surface area (Å²) in [6.45, 7) is 1.81. The van der Waals surface area contributed by atoms with Crippen LogP contribution in [0.1, 0.15) is 30.5 Å². The molecule has 1 atom stereocenters. The molecule has 5 nitrogen and oxygen atoms in total. The van der Waals surface area contributed by atoms with Gasteiger partial charge in [-0.05, 0) is 54.8 Å². The Morgan fingerprint density at radius 3 is 2.33 bits per heavy atom. The number of carbonyl (C=O) groups is 1. The third kappa shape index (κ3) is 6.26. The fourth-order valence-electron chi connectivity index (χ4n) is 2.99. The first kappa shape index (κ1) is 22.2. The zero-order chi connectivity index (χ0) is 21.6. The van der Waals surface area contributed by atoms with Gasteiger partial charge in [-0.3, -0.25) is 4.79 Å². The third-order valence-electron chi connectivity index (χ3n) is 4.61. The maximum atomic E-state index is 12.6. The van der Waals surface area contributed by atoms with Gasteiger partial charge in [0.2, 0.25) is 15.9 Å². The molecular weight excluding hydrogens is 464 g/mol. The van der Waals surface area contributed by atoms with Crippen molar-refractivity contribution in [1.29, 1.82) is 0 Å². The van der Waals surface area contributed by atoms with Crippen molar-refractivity contribution in [2.45, 2.75) is 30.7 Å². The van der Waals surface area contributed by atoms with Crippen LogP contribution >= 0.6 is 15.9 Å². The second-order valence-corrected chi connectivity index (χ2v) is 9.59. The van der Waals surface area contributed by atoms with Gasteiger partial charge in [0.1, 0.15) is 0 Å². The Morgan fingerprint density at radius 2 is 1.67 bits per heavy atom. The third-order valence-corrected chi connectivity index (χ3v) is 6.66. The number of amides is 1. The molecule has 30 heavy (non-hydrogen) atoms. The Labute approximate surface area is 185 Å². The summed E-state index contributed by atoms with van der Waals surface area (Å²) in [6, 6.07) is 23.1. The van der Waals surface area contributed by atoms with Crippen molar-refractivity contribution in [1.82, 2.24) is 4.72 Å². The van der Waals surface area contributed by atoms with E-state index in [0.29, 0.717) is 12.8 Å². The zero-order valence-electron chi connectivity index (χ0n) is 16.5. The lowest BCUT2D eigenvalue weighted by molar-refractivity contribution is -0.116. The fourth-order valence-corrected chi connectivity index (χ4v) is 4.62. The van der Waals surface area contributed by atoms with Crippen LogP contribution in [0.15, 0.2) is 88.2 Å². The molecule has 3 aromatic rings. The number of rotatable bonds is 8. The summed E-state index contributed by atoms with van der Waals surface area (Å²) < 4.78 is 28.9. The molecule has 0 radical (unpaired) electrons. The van der Waals surface area contributed by atoms with Gasteiger partial charge in [0.05, 0.1) is 4.90 Å². The summed E-state index contributed by atoms with van der Waals surface area (Å²) in [4.78, 5) is 12.3. The maximum Gasteiger partial charge on any atom is 0.241 e. The van der Waals surface area contributed by atoms with Crippen molar-refractivity contribution >= 4 is 37.5 Å².